The van der Waals surface area contributed by atoms with Crippen LogP contribution in [-0.4, -0.2) is 19.4 Å². The Balaban J connectivity index is 1.56. The molecule has 0 atom stereocenters. The minimum absolute atomic E-state index is 0.640. The topological polar surface area (TPSA) is 55.1 Å². The molecule has 0 saturated heterocycles. The number of imidazole rings is 1. The maximum Gasteiger partial charge on any atom is 0.193 e. The molecule has 0 unspecified atom stereocenters. The molecular weight excluding hydrogens is 270 g/mol. The van der Waals surface area contributed by atoms with Crippen molar-refractivity contribution in [1.29, 1.82) is 0 Å². The van der Waals surface area contributed by atoms with Crippen LogP contribution < -0.4 is 5.32 Å². The zero-order chi connectivity index (χ0) is 13.4. The van der Waals surface area contributed by atoms with E-state index in [9.17, 15) is 0 Å². The standard InChI is InChI=1S/C14H11N5S/c1-2-4-12-11(3-1)15-8-13(18-12)16-7-10-9-19-5-6-20-14(19)17-10/h1-6,8-9H,7H2,(H,16,18). The summed E-state index contributed by atoms with van der Waals surface area (Å²) >= 11 is 1.63. The van der Waals surface area contributed by atoms with Gasteiger partial charge in [0.15, 0.2) is 4.96 Å². The quantitative estimate of drug-likeness (QED) is 0.627. The summed E-state index contributed by atoms with van der Waals surface area (Å²) in [6.07, 6.45) is 5.78. The largest absolute Gasteiger partial charge is 0.363 e. The first kappa shape index (κ1) is 11.4. The molecule has 98 valence electrons. The third-order valence-electron chi connectivity index (χ3n) is 3.04. The maximum atomic E-state index is 4.53. The summed E-state index contributed by atoms with van der Waals surface area (Å²) < 4.78 is 2.02. The van der Waals surface area contributed by atoms with Crippen molar-refractivity contribution in [2.75, 3.05) is 5.32 Å². The predicted molar refractivity (Wildman–Crippen MR) is 79.9 cm³/mol. The van der Waals surface area contributed by atoms with E-state index >= 15 is 0 Å². The van der Waals surface area contributed by atoms with Gasteiger partial charge in [-0.05, 0) is 12.1 Å². The number of anilines is 1. The molecule has 6 heteroatoms. The van der Waals surface area contributed by atoms with Gasteiger partial charge >= 0.3 is 0 Å². The molecule has 0 bridgehead atoms. The highest BCUT2D eigenvalue weighted by Gasteiger charge is 2.03. The molecule has 0 amide bonds. The normalized spacial score (nSPS) is 11.2. The summed E-state index contributed by atoms with van der Waals surface area (Å²) in [6.45, 7) is 0.640. The van der Waals surface area contributed by atoms with Gasteiger partial charge in [0.2, 0.25) is 0 Å². The second kappa shape index (κ2) is 4.57. The van der Waals surface area contributed by atoms with Crippen molar-refractivity contribution in [3.8, 4) is 0 Å². The number of thiazole rings is 1. The van der Waals surface area contributed by atoms with E-state index in [-0.39, 0.29) is 0 Å². The highest BCUT2D eigenvalue weighted by Crippen LogP contribution is 2.14. The Morgan fingerprint density at radius 2 is 2.05 bits per heavy atom. The number of para-hydroxylation sites is 2. The number of nitrogens with zero attached hydrogens (tertiary/aromatic N) is 4. The first-order valence-corrected chi connectivity index (χ1v) is 7.13. The smallest absolute Gasteiger partial charge is 0.193 e. The van der Waals surface area contributed by atoms with Crippen LogP contribution in [0.15, 0.2) is 48.2 Å². The average Bonchev–Trinajstić information content (AvgIpc) is 3.06. The van der Waals surface area contributed by atoms with E-state index in [0.717, 1.165) is 27.5 Å². The van der Waals surface area contributed by atoms with Gasteiger partial charge in [-0.2, -0.15) is 0 Å². The van der Waals surface area contributed by atoms with Gasteiger partial charge in [-0.3, -0.25) is 9.38 Å². The fourth-order valence-electron chi connectivity index (χ4n) is 2.08. The fourth-order valence-corrected chi connectivity index (χ4v) is 2.80. The van der Waals surface area contributed by atoms with Gasteiger partial charge in [-0.1, -0.05) is 12.1 Å². The number of fused-ring (bicyclic) bond motifs is 2. The molecule has 20 heavy (non-hydrogen) atoms. The molecule has 0 radical (unpaired) electrons. The molecule has 0 spiro atoms. The lowest BCUT2D eigenvalue weighted by molar-refractivity contribution is 1.06. The Labute approximate surface area is 119 Å². The second-order valence-electron chi connectivity index (χ2n) is 4.42. The molecule has 1 N–H and O–H groups in total. The molecule has 4 aromatic rings. The molecular formula is C14H11N5S. The SMILES string of the molecule is c1ccc2nc(NCc3cn4ccsc4n3)cnc2c1. The van der Waals surface area contributed by atoms with Crippen molar-refractivity contribution in [2.24, 2.45) is 0 Å². The van der Waals surface area contributed by atoms with Crippen LogP contribution in [0.5, 0.6) is 0 Å². The van der Waals surface area contributed by atoms with Crippen molar-refractivity contribution in [3.63, 3.8) is 0 Å². The number of hydrogen-bond donors (Lipinski definition) is 1. The highest BCUT2D eigenvalue weighted by atomic mass is 32.1. The van der Waals surface area contributed by atoms with E-state index < -0.39 is 0 Å². The molecule has 4 rings (SSSR count). The number of aromatic nitrogens is 4. The van der Waals surface area contributed by atoms with E-state index in [2.05, 4.69) is 20.3 Å². The Bertz CT molecular complexity index is 851. The minimum atomic E-state index is 0.640. The maximum absolute atomic E-state index is 4.53. The van der Waals surface area contributed by atoms with Crippen molar-refractivity contribution in [2.45, 2.75) is 6.54 Å². The average molecular weight is 281 g/mol. The first-order chi connectivity index (χ1) is 9.88. The number of benzene rings is 1. The van der Waals surface area contributed by atoms with Crippen LogP contribution in [0.4, 0.5) is 5.82 Å². The van der Waals surface area contributed by atoms with E-state index in [1.165, 1.54) is 0 Å². The van der Waals surface area contributed by atoms with Crippen molar-refractivity contribution < 1.29 is 0 Å². The monoisotopic (exact) mass is 281 g/mol. The zero-order valence-corrected chi connectivity index (χ0v) is 11.3. The van der Waals surface area contributed by atoms with Crippen LogP contribution in [0.1, 0.15) is 5.69 Å². The number of hydrogen-bond acceptors (Lipinski definition) is 5. The molecule has 5 nitrogen and oxygen atoms in total. The summed E-state index contributed by atoms with van der Waals surface area (Å²) in [5.41, 5.74) is 2.79. The fraction of sp³-hybridized carbons (Fsp3) is 0.0714. The van der Waals surface area contributed by atoms with E-state index in [4.69, 9.17) is 0 Å². The van der Waals surface area contributed by atoms with E-state index in [0.29, 0.717) is 6.54 Å². The molecule has 3 aromatic heterocycles. The third-order valence-corrected chi connectivity index (χ3v) is 3.81. The Morgan fingerprint density at radius 3 is 2.95 bits per heavy atom. The van der Waals surface area contributed by atoms with Crippen LogP contribution >= 0.6 is 11.3 Å². The molecule has 0 aliphatic heterocycles. The van der Waals surface area contributed by atoms with Gasteiger partial charge < -0.3 is 5.32 Å². The van der Waals surface area contributed by atoms with Gasteiger partial charge in [0, 0.05) is 17.8 Å². The van der Waals surface area contributed by atoms with Gasteiger partial charge in [0.05, 0.1) is 29.5 Å². The molecule has 1 aromatic carbocycles. The van der Waals surface area contributed by atoms with Crippen LogP contribution in [-0.2, 0) is 6.54 Å². The summed E-state index contributed by atoms with van der Waals surface area (Å²) in [5, 5.41) is 5.28. The Hall–Kier alpha value is -2.47. The van der Waals surface area contributed by atoms with Gasteiger partial charge in [-0.25, -0.2) is 9.97 Å². The highest BCUT2D eigenvalue weighted by molar-refractivity contribution is 7.15. The van der Waals surface area contributed by atoms with Crippen molar-refractivity contribution >= 4 is 33.1 Å². The lowest BCUT2D eigenvalue weighted by atomic mass is 10.3. The second-order valence-corrected chi connectivity index (χ2v) is 5.30. The van der Waals surface area contributed by atoms with Crippen molar-refractivity contribution in [1.82, 2.24) is 19.4 Å². The lowest BCUT2D eigenvalue weighted by Gasteiger charge is -2.04. The van der Waals surface area contributed by atoms with Crippen LogP contribution in [0.3, 0.4) is 0 Å². The van der Waals surface area contributed by atoms with Gasteiger partial charge in [-0.15, -0.1) is 11.3 Å². The number of nitrogens with one attached hydrogen (secondary N) is 1. The zero-order valence-electron chi connectivity index (χ0n) is 10.5. The van der Waals surface area contributed by atoms with E-state index in [1.807, 2.05) is 46.4 Å². The van der Waals surface area contributed by atoms with Crippen LogP contribution in [0, 0.1) is 0 Å². The Kier molecular flexibility index (Phi) is 2.60. The summed E-state index contributed by atoms with van der Waals surface area (Å²) in [6, 6.07) is 7.84. The first-order valence-electron chi connectivity index (χ1n) is 6.25. The van der Waals surface area contributed by atoms with Crippen LogP contribution in [0.2, 0.25) is 0 Å². The van der Waals surface area contributed by atoms with Crippen LogP contribution in [0.25, 0.3) is 16.0 Å². The summed E-state index contributed by atoms with van der Waals surface area (Å²) in [4.78, 5) is 14.4. The van der Waals surface area contributed by atoms with Gasteiger partial charge in [0.1, 0.15) is 5.82 Å². The summed E-state index contributed by atoms with van der Waals surface area (Å²) in [5.74, 6) is 0.764. The number of rotatable bonds is 3. The molecule has 0 aliphatic rings. The molecule has 0 fully saturated rings. The van der Waals surface area contributed by atoms with Crippen molar-refractivity contribution in [3.05, 3.63) is 53.9 Å². The molecule has 0 saturated carbocycles. The third kappa shape index (κ3) is 2.00. The predicted octanol–water partition coefficient (Wildman–Crippen LogP) is 2.95. The minimum Gasteiger partial charge on any atom is -0.363 e. The lowest BCUT2D eigenvalue weighted by Crippen LogP contribution is -2.02. The van der Waals surface area contributed by atoms with E-state index in [1.54, 1.807) is 17.5 Å². The van der Waals surface area contributed by atoms with Gasteiger partial charge in [0.25, 0.3) is 0 Å². The molecule has 0 aliphatic carbocycles. The Morgan fingerprint density at radius 1 is 1.15 bits per heavy atom. The summed E-state index contributed by atoms with van der Waals surface area (Å²) in [7, 11) is 0. The molecule has 3 heterocycles.